The molecule has 0 spiro atoms. The minimum absolute atomic E-state index is 0.0287. The molecule has 0 unspecified atom stereocenters. The molecule has 152 valence electrons. The summed E-state index contributed by atoms with van der Waals surface area (Å²) in [6.45, 7) is 10.2. The van der Waals surface area contributed by atoms with E-state index in [1.54, 1.807) is 22.8 Å². The van der Waals surface area contributed by atoms with Gasteiger partial charge in [0.25, 0.3) is 11.5 Å². The largest absolute Gasteiger partial charge is 0.333 e. The number of fused-ring (bicyclic) bond motifs is 1. The van der Waals surface area contributed by atoms with Crippen LogP contribution in [0.25, 0.3) is 16.6 Å². The van der Waals surface area contributed by atoms with Gasteiger partial charge in [0.2, 0.25) is 0 Å². The summed E-state index contributed by atoms with van der Waals surface area (Å²) in [6, 6.07) is 14.9. The second kappa shape index (κ2) is 8.60. The first-order valence-corrected chi connectivity index (χ1v) is 10.3. The van der Waals surface area contributed by atoms with Gasteiger partial charge in [-0.2, -0.15) is 0 Å². The Morgan fingerprint density at radius 2 is 1.59 bits per heavy atom. The zero-order chi connectivity index (χ0) is 21.1. The minimum atomic E-state index is -0.104. The summed E-state index contributed by atoms with van der Waals surface area (Å²) >= 11 is 0. The molecule has 0 aliphatic rings. The molecule has 1 aromatic heterocycles. The Morgan fingerprint density at radius 3 is 2.17 bits per heavy atom. The van der Waals surface area contributed by atoms with Gasteiger partial charge in [0.05, 0.1) is 16.6 Å². The zero-order valence-electron chi connectivity index (χ0n) is 17.8. The summed E-state index contributed by atoms with van der Waals surface area (Å²) in [6.07, 6.45) is 1.82. The van der Waals surface area contributed by atoms with Gasteiger partial charge >= 0.3 is 0 Å². The highest BCUT2D eigenvalue weighted by Crippen LogP contribution is 2.19. The molecule has 0 saturated carbocycles. The Bertz CT molecular complexity index is 1060. The van der Waals surface area contributed by atoms with Gasteiger partial charge in [-0.1, -0.05) is 26.0 Å². The van der Waals surface area contributed by atoms with E-state index in [4.69, 9.17) is 0 Å². The number of aryl methyl sites for hydroxylation is 1. The van der Waals surface area contributed by atoms with Gasteiger partial charge < -0.3 is 4.90 Å². The first-order chi connectivity index (χ1) is 13.9. The number of carbonyl (C=O) groups excluding carboxylic acids is 1. The van der Waals surface area contributed by atoms with Crippen LogP contribution in [-0.2, 0) is 0 Å². The molecule has 0 aliphatic heterocycles. The van der Waals surface area contributed by atoms with Crippen LogP contribution < -0.4 is 5.56 Å². The highest BCUT2D eigenvalue weighted by molar-refractivity contribution is 5.94. The zero-order valence-corrected chi connectivity index (χ0v) is 17.8. The molecule has 0 aliphatic carbocycles. The SMILES string of the molecule is CC[C@@H](C)N(C(=O)c1ccc(-n2c(C)nc3ccccc3c2=O)cc1)[C@H](C)CC. The first kappa shape index (κ1) is 20.8. The molecule has 29 heavy (non-hydrogen) atoms. The number of amides is 1. The molecule has 5 heteroatoms. The van der Waals surface area contributed by atoms with E-state index in [1.165, 1.54) is 0 Å². The van der Waals surface area contributed by atoms with Crippen LogP contribution in [0.5, 0.6) is 0 Å². The molecule has 0 saturated heterocycles. The summed E-state index contributed by atoms with van der Waals surface area (Å²) in [5.74, 6) is 0.648. The Kier molecular flexibility index (Phi) is 6.16. The monoisotopic (exact) mass is 391 g/mol. The highest BCUT2D eigenvalue weighted by atomic mass is 16.2. The van der Waals surface area contributed by atoms with Gasteiger partial charge in [0, 0.05) is 17.6 Å². The van der Waals surface area contributed by atoms with Crippen molar-refractivity contribution in [3.05, 3.63) is 70.3 Å². The van der Waals surface area contributed by atoms with Crippen molar-refractivity contribution >= 4 is 16.8 Å². The Balaban J connectivity index is 2.00. The van der Waals surface area contributed by atoms with E-state index in [0.29, 0.717) is 28.0 Å². The number of rotatable bonds is 6. The molecule has 2 atom stereocenters. The predicted molar refractivity (Wildman–Crippen MR) is 118 cm³/mol. The van der Waals surface area contributed by atoms with Crippen LogP contribution in [0.2, 0.25) is 0 Å². The fourth-order valence-corrected chi connectivity index (χ4v) is 3.68. The smallest absolute Gasteiger partial charge is 0.265 e. The highest BCUT2D eigenvalue weighted by Gasteiger charge is 2.24. The maximum atomic E-state index is 13.1. The normalized spacial score (nSPS) is 13.3. The molecule has 2 aromatic carbocycles. The Hall–Kier alpha value is -2.95. The van der Waals surface area contributed by atoms with Gasteiger partial charge in [-0.3, -0.25) is 14.2 Å². The van der Waals surface area contributed by atoms with Gasteiger partial charge in [0.15, 0.2) is 0 Å². The maximum Gasteiger partial charge on any atom is 0.265 e. The quantitative estimate of drug-likeness (QED) is 0.610. The van der Waals surface area contributed by atoms with Crippen LogP contribution in [-0.4, -0.2) is 32.4 Å². The summed E-state index contributed by atoms with van der Waals surface area (Å²) in [5, 5.41) is 0.581. The number of para-hydroxylation sites is 1. The number of carbonyl (C=O) groups is 1. The summed E-state index contributed by atoms with van der Waals surface area (Å²) in [5.41, 5.74) is 1.93. The van der Waals surface area contributed by atoms with Crippen LogP contribution in [0.1, 0.15) is 56.7 Å². The van der Waals surface area contributed by atoms with Crippen molar-refractivity contribution in [1.29, 1.82) is 0 Å². The van der Waals surface area contributed by atoms with Crippen molar-refractivity contribution in [3.63, 3.8) is 0 Å². The average molecular weight is 392 g/mol. The van der Waals surface area contributed by atoms with Crippen LogP contribution in [0.3, 0.4) is 0 Å². The van der Waals surface area contributed by atoms with Crippen LogP contribution in [0.4, 0.5) is 0 Å². The molecule has 0 bridgehead atoms. The van der Waals surface area contributed by atoms with E-state index >= 15 is 0 Å². The standard InChI is InChI=1S/C24H29N3O2/c1-6-16(3)26(17(4)7-2)23(28)19-12-14-20(15-13-19)27-18(5)25-22-11-9-8-10-21(22)24(27)29/h8-17H,6-7H2,1-5H3/t16-,17-/m1/s1. The third-order valence-electron chi connectivity index (χ3n) is 5.68. The van der Waals surface area contributed by atoms with Crippen molar-refractivity contribution in [1.82, 2.24) is 14.5 Å². The maximum absolute atomic E-state index is 13.1. The van der Waals surface area contributed by atoms with E-state index in [1.807, 2.05) is 42.2 Å². The van der Waals surface area contributed by atoms with Crippen LogP contribution in [0, 0.1) is 6.92 Å². The van der Waals surface area contributed by atoms with E-state index in [0.717, 1.165) is 12.8 Å². The van der Waals surface area contributed by atoms with Crippen molar-refractivity contribution < 1.29 is 4.79 Å². The van der Waals surface area contributed by atoms with Gasteiger partial charge in [-0.25, -0.2) is 4.98 Å². The van der Waals surface area contributed by atoms with Crippen molar-refractivity contribution in [2.24, 2.45) is 0 Å². The van der Waals surface area contributed by atoms with Crippen molar-refractivity contribution in [3.8, 4) is 5.69 Å². The molecule has 5 nitrogen and oxygen atoms in total. The molecular weight excluding hydrogens is 362 g/mol. The lowest BCUT2D eigenvalue weighted by Crippen LogP contribution is -2.44. The van der Waals surface area contributed by atoms with Gasteiger partial charge in [-0.15, -0.1) is 0 Å². The van der Waals surface area contributed by atoms with Crippen LogP contribution >= 0.6 is 0 Å². The molecule has 3 rings (SSSR count). The van der Waals surface area contributed by atoms with Gasteiger partial charge in [-0.05, 0) is 70.0 Å². The minimum Gasteiger partial charge on any atom is -0.333 e. The number of nitrogens with zero attached hydrogens (tertiary/aromatic N) is 3. The lowest BCUT2D eigenvalue weighted by molar-refractivity contribution is 0.0598. The van der Waals surface area contributed by atoms with Crippen LogP contribution in [0.15, 0.2) is 53.3 Å². The van der Waals surface area contributed by atoms with E-state index < -0.39 is 0 Å². The third kappa shape index (κ3) is 3.95. The molecule has 0 fully saturated rings. The third-order valence-corrected chi connectivity index (χ3v) is 5.68. The van der Waals surface area contributed by atoms with E-state index in [-0.39, 0.29) is 23.6 Å². The summed E-state index contributed by atoms with van der Waals surface area (Å²) in [4.78, 5) is 32.6. The number of hydrogen-bond donors (Lipinski definition) is 0. The lowest BCUT2D eigenvalue weighted by Gasteiger charge is -2.34. The molecular formula is C24H29N3O2. The average Bonchev–Trinajstić information content (AvgIpc) is 2.74. The fraction of sp³-hybridized carbons (Fsp3) is 0.375. The van der Waals surface area contributed by atoms with Crippen molar-refractivity contribution in [2.45, 2.75) is 59.5 Å². The van der Waals surface area contributed by atoms with Crippen molar-refractivity contribution in [2.75, 3.05) is 0 Å². The molecule has 1 amide bonds. The number of hydrogen-bond acceptors (Lipinski definition) is 3. The molecule has 1 heterocycles. The summed E-state index contributed by atoms with van der Waals surface area (Å²) < 4.78 is 1.59. The van der Waals surface area contributed by atoms with E-state index in [9.17, 15) is 9.59 Å². The van der Waals surface area contributed by atoms with Gasteiger partial charge in [0.1, 0.15) is 5.82 Å². The molecule has 0 radical (unpaired) electrons. The topological polar surface area (TPSA) is 55.2 Å². The Labute approximate surface area is 172 Å². The predicted octanol–water partition coefficient (Wildman–Crippen LogP) is 4.73. The molecule has 3 aromatic rings. The Morgan fingerprint density at radius 1 is 1.00 bits per heavy atom. The number of benzene rings is 2. The first-order valence-electron chi connectivity index (χ1n) is 10.3. The molecule has 0 N–H and O–H groups in total. The second-order valence-corrected chi connectivity index (χ2v) is 7.59. The van der Waals surface area contributed by atoms with E-state index in [2.05, 4.69) is 32.7 Å². The number of aromatic nitrogens is 2. The fourth-order valence-electron chi connectivity index (χ4n) is 3.68. The summed E-state index contributed by atoms with van der Waals surface area (Å²) in [7, 11) is 0. The second-order valence-electron chi connectivity index (χ2n) is 7.59. The lowest BCUT2D eigenvalue weighted by atomic mass is 10.1.